The number of carboxylic acids is 2. The van der Waals surface area contributed by atoms with Crippen LogP contribution in [0.1, 0.15) is 61.6 Å². The molecule has 7 nitrogen and oxygen atoms in total. The van der Waals surface area contributed by atoms with Crippen LogP contribution in [0.25, 0.3) is 11.1 Å². The zero-order valence-corrected chi connectivity index (χ0v) is 22.4. The molecule has 0 unspecified atom stereocenters. The number of hydrogen-bond acceptors (Lipinski definition) is 5. The van der Waals surface area contributed by atoms with E-state index >= 15 is 0 Å². The summed E-state index contributed by atoms with van der Waals surface area (Å²) in [6.07, 6.45) is 5.67. The number of unbranched alkanes of at least 4 members (excludes halogenated alkanes) is 3. The Labute approximate surface area is 230 Å². The molecule has 0 aliphatic heterocycles. The highest BCUT2D eigenvalue weighted by molar-refractivity contribution is 5.68. The van der Waals surface area contributed by atoms with Gasteiger partial charge in [0.15, 0.2) is 0 Å². The topological polar surface area (TPSA) is 119 Å². The van der Waals surface area contributed by atoms with E-state index in [0.29, 0.717) is 31.7 Å². The molecule has 0 saturated carbocycles. The lowest BCUT2D eigenvalue weighted by atomic mass is 9.97. The second kappa shape index (κ2) is 16.2. The molecular weight excluding hydrogens is 494 g/mol. The largest absolute Gasteiger partial charge is 0.494 e. The minimum absolute atomic E-state index is 0.0250. The first kappa shape index (κ1) is 29.7. The van der Waals surface area contributed by atoms with E-state index in [-0.39, 0.29) is 19.4 Å². The Morgan fingerprint density at radius 1 is 0.692 bits per heavy atom. The van der Waals surface area contributed by atoms with Crippen molar-refractivity contribution >= 4 is 11.9 Å². The zero-order valence-electron chi connectivity index (χ0n) is 22.4. The first-order valence-electron chi connectivity index (χ1n) is 13.7. The van der Waals surface area contributed by atoms with E-state index in [4.69, 9.17) is 20.3 Å². The molecule has 0 atom stereocenters. The van der Waals surface area contributed by atoms with Crippen molar-refractivity contribution in [3.63, 3.8) is 0 Å². The summed E-state index contributed by atoms with van der Waals surface area (Å²) in [5.74, 6) is -0.221. The van der Waals surface area contributed by atoms with Gasteiger partial charge in [0, 0.05) is 19.4 Å². The quantitative estimate of drug-likeness (QED) is 0.165. The van der Waals surface area contributed by atoms with Gasteiger partial charge >= 0.3 is 11.9 Å². The molecule has 0 fully saturated rings. The van der Waals surface area contributed by atoms with Gasteiger partial charge in [-0.15, -0.1) is 0 Å². The lowest BCUT2D eigenvalue weighted by molar-refractivity contribution is -0.138. The van der Waals surface area contributed by atoms with E-state index < -0.39 is 11.9 Å². The van der Waals surface area contributed by atoms with Crippen LogP contribution in [-0.4, -0.2) is 35.4 Å². The van der Waals surface area contributed by atoms with Gasteiger partial charge in [-0.3, -0.25) is 9.59 Å². The maximum Gasteiger partial charge on any atom is 0.303 e. The van der Waals surface area contributed by atoms with Gasteiger partial charge in [-0.25, -0.2) is 0 Å². The highest BCUT2D eigenvalue weighted by atomic mass is 16.5. The molecular formula is C32H39NO6. The van der Waals surface area contributed by atoms with E-state index in [1.165, 1.54) is 0 Å². The Balaban J connectivity index is 1.47. The standard InChI is InChI=1S/C32H39NO6/c33-23-24-20-27(25-10-5-3-6-11-25)22-28(21-24)38-18-7-2-1-4-12-26-13-8-14-30(29(26)16-17-32(36)37)39-19-9-15-31(34)35/h3,5-6,8,10-11,13-14,20-22H,1-2,4,7,9,12,15-19,23,33H2,(H,34,35)(H,36,37). The highest BCUT2D eigenvalue weighted by Gasteiger charge is 2.12. The molecule has 0 radical (unpaired) electrons. The SMILES string of the molecule is NCc1cc(OCCCCCCc2cccc(OCCCC(=O)O)c2CCC(=O)O)cc(-c2ccccc2)c1. The van der Waals surface area contributed by atoms with Gasteiger partial charge < -0.3 is 25.4 Å². The summed E-state index contributed by atoms with van der Waals surface area (Å²) in [6, 6.07) is 22.1. The van der Waals surface area contributed by atoms with Crippen LogP contribution >= 0.6 is 0 Å². The molecule has 0 spiro atoms. The van der Waals surface area contributed by atoms with E-state index in [2.05, 4.69) is 24.3 Å². The third-order valence-electron chi connectivity index (χ3n) is 6.53. The molecule has 0 aromatic heterocycles. The summed E-state index contributed by atoms with van der Waals surface area (Å²) in [5, 5.41) is 18.0. The van der Waals surface area contributed by atoms with Crippen molar-refractivity contribution in [1.82, 2.24) is 0 Å². The van der Waals surface area contributed by atoms with Crippen molar-refractivity contribution in [1.29, 1.82) is 0 Å². The van der Waals surface area contributed by atoms with Crippen molar-refractivity contribution < 1.29 is 29.3 Å². The molecule has 0 bridgehead atoms. The number of aryl methyl sites for hydroxylation is 1. The summed E-state index contributed by atoms with van der Waals surface area (Å²) in [7, 11) is 0. The zero-order chi connectivity index (χ0) is 27.9. The van der Waals surface area contributed by atoms with Crippen molar-refractivity contribution in [2.75, 3.05) is 13.2 Å². The predicted molar refractivity (Wildman–Crippen MR) is 152 cm³/mol. The Morgan fingerprint density at radius 3 is 2.18 bits per heavy atom. The fraction of sp³-hybridized carbons (Fsp3) is 0.375. The molecule has 4 N–H and O–H groups in total. The first-order valence-corrected chi connectivity index (χ1v) is 13.7. The van der Waals surface area contributed by atoms with Crippen molar-refractivity contribution in [2.45, 2.75) is 64.3 Å². The summed E-state index contributed by atoms with van der Waals surface area (Å²) in [6.45, 7) is 1.38. The van der Waals surface area contributed by atoms with Crippen LogP contribution in [0.2, 0.25) is 0 Å². The van der Waals surface area contributed by atoms with E-state index in [1.807, 2.05) is 42.5 Å². The summed E-state index contributed by atoms with van der Waals surface area (Å²) < 4.78 is 11.9. The third-order valence-corrected chi connectivity index (χ3v) is 6.53. The fourth-order valence-electron chi connectivity index (χ4n) is 4.52. The average Bonchev–Trinajstić information content (AvgIpc) is 2.94. The van der Waals surface area contributed by atoms with Gasteiger partial charge in [-0.2, -0.15) is 0 Å². The minimum atomic E-state index is -0.857. The lowest BCUT2D eigenvalue weighted by Gasteiger charge is -2.15. The van der Waals surface area contributed by atoms with E-state index in [1.54, 1.807) is 0 Å². The average molecular weight is 534 g/mol. The summed E-state index contributed by atoms with van der Waals surface area (Å²) in [5.41, 5.74) is 11.2. The van der Waals surface area contributed by atoms with Crippen molar-refractivity contribution in [2.24, 2.45) is 5.73 Å². The normalized spacial score (nSPS) is 10.8. The molecule has 3 aromatic rings. The molecule has 208 valence electrons. The molecule has 0 heterocycles. The number of nitrogens with two attached hydrogens (primary N) is 1. The van der Waals surface area contributed by atoms with E-state index in [9.17, 15) is 14.7 Å². The Kier molecular flexibility index (Phi) is 12.3. The minimum Gasteiger partial charge on any atom is -0.494 e. The second-order valence-corrected chi connectivity index (χ2v) is 9.58. The molecule has 3 rings (SSSR count). The number of rotatable bonds is 18. The number of hydrogen-bond donors (Lipinski definition) is 3. The number of carbonyl (C=O) groups is 2. The van der Waals surface area contributed by atoms with Gasteiger partial charge in [0.25, 0.3) is 0 Å². The maximum absolute atomic E-state index is 11.2. The number of aliphatic carboxylic acids is 2. The number of carboxylic acid groups (broad SMARTS) is 2. The highest BCUT2D eigenvalue weighted by Crippen LogP contribution is 2.28. The van der Waals surface area contributed by atoms with Crippen LogP contribution < -0.4 is 15.2 Å². The third kappa shape index (κ3) is 10.4. The molecule has 0 aliphatic carbocycles. The van der Waals surface area contributed by atoms with Crippen LogP contribution in [0.4, 0.5) is 0 Å². The molecule has 0 amide bonds. The molecule has 0 saturated heterocycles. The van der Waals surface area contributed by atoms with Gasteiger partial charge in [0.1, 0.15) is 11.5 Å². The number of benzene rings is 3. The van der Waals surface area contributed by atoms with Gasteiger partial charge in [0.05, 0.1) is 13.2 Å². The Hall–Kier alpha value is -3.84. The van der Waals surface area contributed by atoms with Crippen molar-refractivity contribution in [3.05, 3.63) is 83.4 Å². The summed E-state index contributed by atoms with van der Waals surface area (Å²) >= 11 is 0. The maximum atomic E-state index is 11.2. The van der Waals surface area contributed by atoms with Crippen LogP contribution in [-0.2, 0) is 29.0 Å². The fourth-order valence-corrected chi connectivity index (χ4v) is 4.52. The molecule has 3 aromatic carbocycles. The van der Waals surface area contributed by atoms with Gasteiger partial charge in [-0.05, 0) is 84.2 Å². The molecule has 39 heavy (non-hydrogen) atoms. The lowest BCUT2D eigenvalue weighted by Crippen LogP contribution is -2.07. The summed E-state index contributed by atoms with van der Waals surface area (Å²) in [4.78, 5) is 22.0. The van der Waals surface area contributed by atoms with Gasteiger partial charge in [0.2, 0.25) is 0 Å². The molecule has 0 aliphatic rings. The Morgan fingerprint density at radius 2 is 1.44 bits per heavy atom. The van der Waals surface area contributed by atoms with Gasteiger partial charge in [-0.1, -0.05) is 55.3 Å². The number of ether oxygens (including phenoxy) is 2. The Bertz CT molecular complexity index is 1190. The molecule has 7 heteroatoms. The monoisotopic (exact) mass is 533 g/mol. The van der Waals surface area contributed by atoms with Crippen LogP contribution in [0.15, 0.2) is 66.7 Å². The van der Waals surface area contributed by atoms with Crippen LogP contribution in [0, 0.1) is 0 Å². The van der Waals surface area contributed by atoms with Crippen LogP contribution in [0.3, 0.4) is 0 Å². The van der Waals surface area contributed by atoms with Crippen LogP contribution in [0.5, 0.6) is 11.5 Å². The predicted octanol–water partition coefficient (Wildman–Crippen LogP) is 6.26. The first-order chi connectivity index (χ1) is 19.0. The smallest absolute Gasteiger partial charge is 0.303 e. The second-order valence-electron chi connectivity index (χ2n) is 9.58. The van der Waals surface area contributed by atoms with Crippen molar-refractivity contribution in [3.8, 4) is 22.6 Å². The van der Waals surface area contributed by atoms with E-state index in [0.717, 1.165) is 65.7 Å².